The van der Waals surface area contributed by atoms with Crippen molar-refractivity contribution in [2.24, 2.45) is 0 Å². The molecule has 160 valence electrons. The smallest absolute Gasteiger partial charge is 0.119 e. The molecule has 0 spiro atoms. The summed E-state index contributed by atoms with van der Waals surface area (Å²) < 4.78 is 8.24. The Morgan fingerprint density at radius 2 is 1.50 bits per heavy atom. The van der Waals surface area contributed by atoms with E-state index in [1.807, 2.05) is 12.1 Å². The fraction of sp³-hybridized carbons (Fsp3) is 0.407. The van der Waals surface area contributed by atoms with E-state index < -0.39 is 0 Å². The summed E-state index contributed by atoms with van der Waals surface area (Å²) in [5.41, 5.74) is 4.87. The third kappa shape index (κ3) is 6.41. The highest BCUT2D eigenvalue weighted by molar-refractivity contribution is 5.61. The van der Waals surface area contributed by atoms with E-state index in [9.17, 15) is 5.11 Å². The van der Waals surface area contributed by atoms with Crippen LogP contribution in [0.3, 0.4) is 0 Å². The lowest BCUT2D eigenvalue weighted by atomic mass is 10.1. The van der Waals surface area contributed by atoms with Gasteiger partial charge in [-0.25, -0.2) is 0 Å². The molecule has 0 radical (unpaired) electrons. The van der Waals surface area contributed by atoms with Crippen molar-refractivity contribution in [2.75, 3.05) is 6.61 Å². The first-order valence-corrected chi connectivity index (χ1v) is 11.3. The van der Waals surface area contributed by atoms with Gasteiger partial charge in [0.1, 0.15) is 11.5 Å². The van der Waals surface area contributed by atoms with Crippen molar-refractivity contribution in [2.45, 2.75) is 65.3 Å². The quantitative estimate of drug-likeness (QED) is 0.325. The van der Waals surface area contributed by atoms with Gasteiger partial charge in [0, 0.05) is 17.9 Å². The zero-order chi connectivity index (χ0) is 21.2. The van der Waals surface area contributed by atoms with E-state index in [-0.39, 0.29) is 0 Å². The van der Waals surface area contributed by atoms with Crippen LogP contribution in [-0.2, 0) is 13.0 Å². The van der Waals surface area contributed by atoms with Crippen LogP contribution in [-0.4, -0.2) is 16.3 Å². The highest BCUT2D eigenvalue weighted by Crippen LogP contribution is 2.25. The van der Waals surface area contributed by atoms with Crippen LogP contribution in [0, 0.1) is 6.92 Å². The lowest BCUT2D eigenvalue weighted by molar-refractivity contribution is 0.304. The number of hydrogen-bond donors (Lipinski definition) is 1. The van der Waals surface area contributed by atoms with Crippen LogP contribution in [0.25, 0.3) is 11.3 Å². The fourth-order valence-electron chi connectivity index (χ4n) is 3.82. The molecule has 0 amide bonds. The zero-order valence-corrected chi connectivity index (χ0v) is 18.4. The summed E-state index contributed by atoms with van der Waals surface area (Å²) in [6.07, 6.45) is 8.68. The average Bonchev–Trinajstić information content (AvgIpc) is 3.13. The van der Waals surface area contributed by atoms with Gasteiger partial charge in [-0.2, -0.15) is 0 Å². The van der Waals surface area contributed by atoms with E-state index in [4.69, 9.17) is 4.74 Å². The second kappa shape index (κ2) is 11.5. The van der Waals surface area contributed by atoms with Crippen LogP contribution in [0.1, 0.15) is 56.7 Å². The normalized spacial score (nSPS) is 11.0. The molecule has 0 aliphatic carbocycles. The van der Waals surface area contributed by atoms with Crippen molar-refractivity contribution < 1.29 is 9.84 Å². The Balaban J connectivity index is 1.49. The largest absolute Gasteiger partial charge is 0.508 e. The second-order valence-corrected chi connectivity index (χ2v) is 8.07. The number of rotatable bonds is 12. The van der Waals surface area contributed by atoms with Gasteiger partial charge in [0.15, 0.2) is 0 Å². The molecule has 0 unspecified atom stereocenters. The molecule has 3 heteroatoms. The van der Waals surface area contributed by atoms with E-state index in [2.05, 4.69) is 54.8 Å². The number of unbranched alkanes of at least 4 members (excludes halogenated alkanes) is 5. The molecular weight excluding hydrogens is 370 g/mol. The molecule has 1 N–H and O–H groups in total. The number of phenols is 1. The predicted octanol–water partition coefficient (Wildman–Crippen LogP) is 7.15. The number of aromatic nitrogens is 1. The Hall–Kier alpha value is -2.68. The first-order valence-electron chi connectivity index (χ1n) is 11.3. The van der Waals surface area contributed by atoms with Crippen LogP contribution < -0.4 is 4.74 Å². The van der Waals surface area contributed by atoms with E-state index >= 15 is 0 Å². The summed E-state index contributed by atoms with van der Waals surface area (Å²) in [5, 5.41) is 9.55. The van der Waals surface area contributed by atoms with Gasteiger partial charge in [0.25, 0.3) is 0 Å². The SMILES string of the molecule is CCCCCCCCOc1ccc(CCn2c(C)ccc2-c2ccc(O)cc2)cc1. The van der Waals surface area contributed by atoms with Gasteiger partial charge in [-0.1, -0.05) is 51.2 Å². The van der Waals surface area contributed by atoms with Gasteiger partial charge in [0.05, 0.1) is 6.61 Å². The van der Waals surface area contributed by atoms with Crippen molar-refractivity contribution in [3.8, 4) is 22.8 Å². The maximum absolute atomic E-state index is 9.55. The molecule has 0 fully saturated rings. The van der Waals surface area contributed by atoms with Crippen LogP contribution in [0.2, 0.25) is 0 Å². The van der Waals surface area contributed by atoms with Gasteiger partial charge in [-0.15, -0.1) is 0 Å². The van der Waals surface area contributed by atoms with E-state index in [0.29, 0.717) is 5.75 Å². The number of ether oxygens (including phenoxy) is 1. The Morgan fingerprint density at radius 1 is 0.800 bits per heavy atom. The monoisotopic (exact) mass is 405 g/mol. The summed E-state index contributed by atoms with van der Waals surface area (Å²) in [5.74, 6) is 1.27. The molecule has 0 aliphatic heterocycles. The summed E-state index contributed by atoms with van der Waals surface area (Å²) in [6.45, 7) is 6.13. The summed E-state index contributed by atoms with van der Waals surface area (Å²) >= 11 is 0. The molecule has 0 aliphatic rings. The van der Waals surface area contributed by atoms with Crippen LogP contribution >= 0.6 is 0 Å². The minimum absolute atomic E-state index is 0.298. The Kier molecular flexibility index (Phi) is 8.43. The van der Waals surface area contributed by atoms with Crippen molar-refractivity contribution in [3.63, 3.8) is 0 Å². The molecule has 30 heavy (non-hydrogen) atoms. The van der Waals surface area contributed by atoms with Crippen molar-refractivity contribution >= 4 is 0 Å². The number of benzene rings is 2. The first-order chi connectivity index (χ1) is 14.7. The molecule has 0 saturated heterocycles. The second-order valence-electron chi connectivity index (χ2n) is 8.07. The first kappa shape index (κ1) is 22.0. The minimum atomic E-state index is 0.298. The van der Waals surface area contributed by atoms with Gasteiger partial charge in [-0.05, 0) is 79.4 Å². The predicted molar refractivity (Wildman–Crippen MR) is 125 cm³/mol. The molecule has 1 heterocycles. The number of aromatic hydroxyl groups is 1. The standard InChI is InChI=1S/C27H35NO2/c1-3-4-5-6-7-8-21-30-26-16-10-23(11-17-26)19-20-28-22(2)9-18-27(28)24-12-14-25(29)15-13-24/h9-18,29H,3-8,19-21H2,1-2H3. The van der Waals surface area contributed by atoms with E-state index in [0.717, 1.165) is 37.3 Å². The number of aryl methyl sites for hydroxylation is 2. The molecule has 0 bridgehead atoms. The van der Waals surface area contributed by atoms with Crippen LogP contribution in [0.15, 0.2) is 60.7 Å². The molecule has 0 atom stereocenters. The molecule has 2 aromatic carbocycles. The minimum Gasteiger partial charge on any atom is -0.508 e. The lowest BCUT2D eigenvalue weighted by Gasteiger charge is -2.13. The van der Waals surface area contributed by atoms with Crippen molar-refractivity contribution in [3.05, 3.63) is 71.9 Å². The lowest BCUT2D eigenvalue weighted by Crippen LogP contribution is -2.05. The zero-order valence-electron chi connectivity index (χ0n) is 18.4. The van der Waals surface area contributed by atoms with E-state index in [1.54, 1.807) is 12.1 Å². The maximum atomic E-state index is 9.55. The molecule has 0 saturated carbocycles. The summed E-state index contributed by atoms with van der Waals surface area (Å²) in [7, 11) is 0. The molecular formula is C27H35NO2. The number of phenolic OH excluding ortho intramolecular Hbond substituents is 1. The molecule has 3 aromatic rings. The highest BCUT2D eigenvalue weighted by Gasteiger charge is 2.08. The van der Waals surface area contributed by atoms with E-state index in [1.165, 1.54) is 49.1 Å². The third-order valence-corrected chi connectivity index (χ3v) is 5.68. The maximum Gasteiger partial charge on any atom is 0.119 e. The van der Waals surface area contributed by atoms with Crippen molar-refractivity contribution in [1.82, 2.24) is 4.57 Å². The summed E-state index contributed by atoms with van der Waals surface area (Å²) in [6, 6.07) is 20.3. The van der Waals surface area contributed by atoms with Crippen LogP contribution in [0.4, 0.5) is 0 Å². The Morgan fingerprint density at radius 3 is 2.23 bits per heavy atom. The molecule has 3 rings (SSSR count). The van der Waals surface area contributed by atoms with Gasteiger partial charge in [0.2, 0.25) is 0 Å². The van der Waals surface area contributed by atoms with Gasteiger partial charge in [-0.3, -0.25) is 0 Å². The van der Waals surface area contributed by atoms with Crippen molar-refractivity contribution in [1.29, 1.82) is 0 Å². The average molecular weight is 406 g/mol. The summed E-state index contributed by atoms with van der Waals surface area (Å²) in [4.78, 5) is 0. The Labute approximate surface area is 181 Å². The van der Waals surface area contributed by atoms with Gasteiger partial charge < -0.3 is 14.4 Å². The Bertz CT molecular complexity index is 878. The molecule has 1 aromatic heterocycles. The topological polar surface area (TPSA) is 34.4 Å². The third-order valence-electron chi connectivity index (χ3n) is 5.68. The highest BCUT2D eigenvalue weighted by atomic mass is 16.5. The fourth-order valence-corrected chi connectivity index (χ4v) is 3.82. The molecule has 3 nitrogen and oxygen atoms in total. The number of hydrogen-bond acceptors (Lipinski definition) is 2. The van der Waals surface area contributed by atoms with Crippen LogP contribution in [0.5, 0.6) is 11.5 Å². The number of nitrogens with zero attached hydrogens (tertiary/aromatic N) is 1. The van der Waals surface area contributed by atoms with Gasteiger partial charge >= 0.3 is 0 Å².